The smallest absolute Gasteiger partial charge is 0.410 e. The standard InChI is InChI=1S/C13H20N2O2/c1-9(2)11-5-10(8-14)6-12(7-11)17-13(16)15(3)4/h5-7,9H,8,14H2,1-4H3. The van der Waals surface area contributed by atoms with E-state index in [0.29, 0.717) is 18.2 Å². The molecule has 0 saturated carbocycles. The number of carbonyl (C=O) groups excluding carboxylic acids is 1. The van der Waals surface area contributed by atoms with Crippen molar-refractivity contribution in [1.29, 1.82) is 0 Å². The molecule has 2 N–H and O–H groups in total. The second-order valence-electron chi connectivity index (χ2n) is 4.53. The van der Waals surface area contributed by atoms with Gasteiger partial charge in [0.1, 0.15) is 5.75 Å². The van der Waals surface area contributed by atoms with Crippen LogP contribution in [0.25, 0.3) is 0 Å². The molecule has 1 rings (SSSR count). The number of rotatable bonds is 3. The first-order chi connectivity index (χ1) is 7.93. The van der Waals surface area contributed by atoms with Crippen molar-refractivity contribution in [3.63, 3.8) is 0 Å². The van der Waals surface area contributed by atoms with Crippen LogP contribution in [-0.4, -0.2) is 25.1 Å². The van der Waals surface area contributed by atoms with Crippen LogP contribution in [0.5, 0.6) is 5.75 Å². The molecule has 94 valence electrons. The largest absolute Gasteiger partial charge is 0.414 e. The van der Waals surface area contributed by atoms with E-state index in [2.05, 4.69) is 13.8 Å². The summed E-state index contributed by atoms with van der Waals surface area (Å²) in [7, 11) is 3.30. The van der Waals surface area contributed by atoms with Crippen LogP contribution < -0.4 is 10.5 Å². The summed E-state index contributed by atoms with van der Waals surface area (Å²) < 4.78 is 5.24. The summed E-state index contributed by atoms with van der Waals surface area (Å²) in [6, 6.07) is 5.72. The van der Waals surface area contributed by atoms with E-state index in [1.165, 1.54) is 4.90 Å². The van der Waals surface area contributed by atoms with Crippen molar-refractivity contribution in [2.45, 2.75) is 26.3 Å². The van der Waals surface area contributed by atoms with Gasteiger partial charge in [-0.1, -0.05) is 19.9 Å². The zero-order valence-electron chi connectivity index (χ0n) is 10.9. The number of hydrogen-bond donors (Lipinski definition) is 1. The Labute approximate surface area is 102 Å². The van der Waals surface area contributed by atoms with Crippen LogP contribution in [0.3, 0.4) is 0 Å². The molecule has 1 amide bonds. The maximum absolute atomic E-state index is 11.5. The third kappa shape index (κ3) is 3.75. The fourth-order valence-electron chi connectivity index (χ4n) is 1.39. The second kappa shape index (κ2) is 5.68. The van der Waals surface area contributed by atoms with E-state index in [4.69, 9.17) is 10.5 Å². The maximum atomic E-state index is 11.5. The Morgan fingerprint density at radius 3 is 2.47 bits per heavy atom. The molecule has 4 heteroatoms. The summed E-state index contributed by atoms with van der Waals surface area (Å²) in [5.41, 5.74) is 7.72. The lowest BCUT2D eigenvalue weighted by atomic mass is 10.0. The average Bonchev–Trinajstić information content (AvgIpc) is 2.28. The molecule has 0 fully saturated rings. The second-order valence-corrected chi connectivity index (χ2v) is 4.53. The molecule has 0 radical (unpaired) electrons. The minimum absolute atomic E-state index is 0.373. The van der Waals surface area contributed by atoms with Crippen LogP contribution in [0.15, 0.2) is 18.2 Å². The van der Waals surface area contributed by atoms with E-state index in [9.17, 15) is 4.79 Å². The van der Waals surface area contributed by atoms with Crippen molar-refractivity contribution in [2.24, 2.45) is 5.73 Å². The Bertz CT molecular complexity index is 400. The van der Waals surface area contributed by atoms with E-state index in [0.717, 1.165) is 11.1 Å². The zero-order chi connectivity index (χ0) is 13.0. The number of ether oxygens (including phenoxy) is 1. The molecule has 1 aromatic rings. The van der Waals surface area contributed by atoms with Crippen molar-refractivity contribution in [3.8, 4) is 5.75 Å². The minimum Gasteiger partial charge on any atom is -0.410 e. The molecule has 0 saturated heterocycles. The number of benzene rings is 1. The summed E-state index contributed by atoms with van der Waals surface area (Å²) in [6.45, 7) is 4.62. The minimum atomic E-state index is -0.381. The Morgan fingerprint density at radius 1 is 1.35 bits per heavy atom. The molecule has 0 atom stereocenters. The molecule has 0 aliphatic heterocycles. The lowest BCUT2D eigenvalue weighted by molar-refractivity contribution is 0.172. The monoisotopic (exact) mass is 236 g/mol. The van der Waals surface area contributed by atoms with Gasteiger partial charge < -0.3 is 15.4 Å². The molecule has 0 bridgehead atoms. The number of nitrogens with zero attached hydrogens (tertiary/aromatic N) is 1. The van der Waals surface area contributed by atoms with Gasteiger partial charge in [-0.15, -0.1) is 0 Å². The summed E-state index contributed by atoms with van der Waals surface area (Å²) in [5.74, 6) is 0.925. The lowest BCUT2D eigenvalue weighted by Gasteiger charge is -2.14. The summed E-state index contributed by atoms with van der Waals surface area (Å²) in [5, 5.41) is 0. The molecule has 1 aromatic carbocycles. The molecule has 0 aromatic heterocycles. The topological polar surface area (TPSA) is 55.6 Å². The number of hydrogen-bond acceptors (Lipinski definition) is 3. The third-order valence-corrected chi connectivity index (χ3v) is 2.46. The molecule has 0 aliphatic carbocycles. The fraction of sp³-hybridized carbons (Fsp3) is 0.462. The van der Waals surface area contributed by atoms with Crippen molar-refractivity contribution in [1.82, 2.24) is 4.90 Å². The van der Waals surface area contributed by atoms with Crippen LogP contribution in [0.2, 0.25) is 0 Å². The van der Waals surface area contributed by atoms with Crippen molar-refractivity contribution in [3.05, 3.63) is 29.3 Å². The van der Waals surface area contributed by atoms with E-state index in [1.807, 2.05) is 12.1 Å². The molecule has 17 heavy (non-hydrogen) atoms. The Hall–Kier alpha value is -1.55. The van der Waals surface area contributed by atoms with E-state index >= 15 is 0 Å². The van der Waals surface area contributed by atoms with Gasteiger partial charge in [-0.05, 0) is 29.2 Å². The molecule has 0 spiro atoms. The summed E-state index contributed by atoms with van der Waals surface area (Å²) in [4.78, 5) is 12.9. The van der Waals surface area contributed by atoms with Gasteiger partial charge in [0.05, 0.1) is 0 Å². The predicted octanol–water partition coefficient (Wildman–Crippen LogP) is 2.33. The summed E-state index contributed by atoms with van der Waals surface area (Å²) >= 11 is 0. The van der Waals surface area contributed by atoms with Crippen LogP contribution in [0.1, 0.15) is 30.9 Å². The van der Waals surface area contributed by atoms with Gasteiger partial charge in [0.15, 0.2) is 0 Å². The lowest BCUT2D eigenvalue weighted by Crippen LogP contribution is -2.25. The van der Waals surface area contributed by atoms with E-state index in [-0.39, 0.29) is 6.09 Å². The first-order valence-corrected chi connectivity index (χ1v) is 5.67. The van der Waals surface area contributed by atoms with E-state index in [1.54, 1.807) is 20.2 Å². The molecule has 0 unspecified atom stereocenters. The highest BCUT2D eigenvalue weighted by atomic mass is 16.6. The fourth-order valence-corrected chi connectivity index (χ4v) is 1.39. The first-order valence-electron chi connectivity index (χ1n) is 5.67. The van der Waals surface area contributed by atoms with Crippen LogP contribution in [0.4, 0.5) is 4.79 Å². The van der Waals surface area contributed by atoms with Crippen molar-refractivity contribution < 1.29 is 9.53 Å². The highest BCUT2D eigenvalue weighted by Crippen LogP contribution is 2.23. The molecular weight excluding hydrogens is 216 g/mol. The highest BCUT2D eigenvalue weighted by Gasteiger charge is 2.10. The van der Waals surface area contributed by atoms with Gasteiger partial charge in [0.25, 0.3) is 0 Å². The Balaban J connectivity index is 2.99. The Morgan fingerprint density at radius 2 is 2.00 bits per heavy atom. The first kappa shape index (κ1) is 13.5. The molecule has 4 nitrogen and oxygen atoms in total. The van der Waals surface area contributed by atoms with Gasteiger partial charge in [0.2, 0.25) is 0 Å². The normalized spacial score (nSPS) is 10.5. The molecule has 0 aliphatic rings. The van der Waals surface area contributed by atoms with Crippen LogP contribution in [0, 0.1) is 0 Å². The predicted molar refractivity (Wildman–Crippen MR) is 68.1 cm³/mol. The zero-order valence-corrected chi connectivity index (χ0v) is 10.9. The highest BCUT2D eigenvalue weighted by molar-refractivity contribution is 5.70. The van der Waals surface area contributed by atoms with Crippen LogP contribution in [-0.2, 0) is 6.54 Å². The molecule has 0 heterocycles. The van der Waals surface area contributed by atoms with Crippen LogP contribution >= 0.6 is 0 Å². The van der Waals surface area contributed by atoms with Crippen molar-refractivity contribution >= 4 is 6.09 Å². The number of nitrogens with two attached hydrogens (primary N) is 1. The van der Waals surface area contributed by atoms with Gasteiger partial charge in [0, 0.05) is 20.6 Å². The van der Waals surface area contributed by atoms with E-state index < -0.39 is 0 Å². The number of carbonyl (C=O) groups is 1. The number of amides is 1. The van der Waals surface area contributed by atoms with Crippen molar-refractivity contribution in [2.75, 3.05) is 14.1 Å². The quantitative estimate of drug-likeness (QED) is 0.876. The van der Waals surface area contributed by atoms with Gasteiger partial charge in [-0.2, -0.15) is 0 Å². The van der Waals surface area contributed by atoms with Gasteiger partial charge in [-0.25, -0.2) is 4.79 Å². The summed E-state index contributed by atoms with van der Waals surface area (Å²) in [6.07, 6.45) is -0.381. The maximum Gasteiger partial charge on any atom is 0.414 e. The van der Waals surface area contributed by atoms with Gasteiger partial charge in [-0.3, -0.25) is 0 Å². The third-order valence-electron chi connectivity index (χ3n) is 2.46. The average molecular weight is 236 g/mol. The molecular formula is C13H20N2O2. The SMILES string of the molecule is CC(C)c1cc(CN)cc(OC(=O)N(C)C)c1. The van der Waals surface area contributed by atoms with Gasteiger partial charge >= 0.3 is 6.09 Å². The Kier molecular flexibility index (Phi) is 4.52.